The standard InChI is InChI=1S/C10H8N6O2/c11-7(17)5-4-15-10(16-6(5)8(12)18)9-13-2-1-3-14-9/h1-4H,(H2,11,17)(H2,12,18). The van der Waals surface area contributed by atoms with Crippen molar-refractivity contribution < 1.29 is 9.59 Å². The summed E-state index contributed by atoms with van der Waals surface area (Å²) in [6.07, 6.45) is 4.12. The number of hydrogen-bond donors (Lipinski definition) is 2. The molecule has 0 aromatic carbocycles. The summed E-state index contributed by atoms with van der Waals surface area (Å²) < 4.78 is 0. The molecular weight excluding hydrogens is 236 g/mol. The first-order valence-electron chi connectivity index (χ1n) is 4.83. The summed E-state index contributed by atoms with van der Waals surface area (Å²) in [7, 11) is 0. The van der Waals surface area contributed by atoms with E-state index >= 15 is 0 Å². The van der Waals surface area contributed by atoms with Gasteiger partial charge in [0.05, 0.1) is 5.56 Å². The fourth-order valence-corrected chi connectivity index (χ4v) is 1.27. The molecule has 0 aliphatic rings. The fourth-order valence-electron chi connectivity index (χ4n) is 1.27. The zero-order valence-electron chi connectivity index (χ0n) is 9.07. The van der Waals surface area contributed by atoms with Crippen LogP contribution >= 0.6 is 0 Å². The van der Waals surface area contributed by atoms with E-state index in [0.29, 0.717) is 0 Å². The second-order valence-corrected chi connectivity index (χ2v) is 3.26. The molecule has 2 aromatic heterocycles. The Kier molecular flexibility index (Phi) is 2.92. The summed E-state index contributed by atoms with van der Waals surface area (Å²) in [6.45, 7) is 0. The molecule has 8 heteroatoms. The van der Waals surface area contributed by atoms with E-state index in [4.69, 9.17) is 11.5 Å². The fraction of sp³-hybridized carbons (Fsp3) is 0. The van der Waals surface area contributed by atoms with E-state index in [2.05, 4.69) is 19.9 Å². The van der Waals surface area contributed by atoms with Crippen LogP contribution < -0.4 is 11.5 Å². The normalized spacial score (nSPS) is 10.0. The van der Waals surface area contributed by atoms with Crippen molar-refractivity contribution in [3.05, 3.63) is 35.9 Å². The number of amides is 2. The lowest BCUT2D eigenvalue weighted by Gasteiger charge is -2.03. The molecule has 0 aliphatic carbocycles. The minimum atomic E-state index is -0.872. The molecule has 0 spiro atoms. The van der Waals surface area contributed by atoms with E-state index in [0.717, 1.165) is 6.20 Å². The molecule has 8 nitrogen and oxygen atoms in total. The lowest BCUT2D eigenvalue weighted by Crippen LogP contribution is -2.23. The highest BCUT2D eigenvalue weighted by Gasteiger charge is 2.17. The minimum absolute atomic E-state index is 0.0920. The van der Waals surface area contributed by atoms with E-state index in [1.807, 2.05) is 0 Å². The molecule has 0 saturated heterocycles. The topological polar surface area (TPSA) is 138 Å². The average Bonchev–Trinajstić information content (AvgIpc) is 2.39. The molecule has 2 amide bonds. The second-order valence-electron chi connectivity index (χ2n) is 3.26. The van der Waals surface area contributed by atoms with Gasteiger partial charge in [-0.15, -0.1) is 0 Å². The van der Waals surface area contributed by atoms with Gasteiger partial charge >= 0.3 is 0 Å². The molecule has 0 saturated carbocycles. The van der Waals surface area contributed by atoms with E-state index in [1.165, 1.54) is 12.4 Å². The minimum Gasteiger partial charge on any atom is -0.365 e. The van der Waals surface area contributed by atoms with E-state index in [9.17, 15) is 9.59 Å². The third-order valence-corrected chi connectivity index (χ3v) is 2.05. The molecule has 0 unspecified atom stereocenters. The highest BCUT2D eigenvalue weighted by atomic mass is 16.2. The first kappa shape index (κ1) is 11.6. The average molecular weight is 244 g/mol. The quantitative estimate of drug-likeness (QED) is 0.719. The van der Waals surface area contributed by atoms with Crippen LogP contribution in [0.5, 0.6) is 0 Å². The van der Waals surface area contributed by atoms with Gasteiger partial charge in [-0.1, -0.05) is 0 Å². The molecule has 0 fully saturated rings. The molecule has 0 aliphatic heterocycles. The molecule has 0 bridgehead atoms. The number of carbonyl (C=O) groups excluding carboxylic acids is 2. The monoisotopic (exact) mass is 244 g/mol. The Morgan fingerprint density at radius 1 is 0.944 bits per heavy atom. The first-order valence-corrected chi connectivity index (χ1v) is 4.83. The van der Waals surface area contributed by atoms with Gasteiger partial charge in [0.25, 0.3) is 11.8 Å². The van der Waals surface area contributed by atoms with Crippen LogP contribution in [0.25, 0.3) is 11.6 Å². The van der Waals surface area contributed by atoms with Gasteiger partial charge in [0.1, 0.15) is 5.69 Å². The van der Waals surface area contributed by atoms with Crippen LogP contribution in [0, 0.1) is 0 Å². The number of nitrogens with two attached hydrogens (primary N) is 2. The van der Waals surface area contributed by atoms with Crippen LogP contribution in [0.2, 0.25) is 0 Å². The van der Waals surface area contributed by atoms with Gasteiger partial charge in [-0.25, -0.2) is 19.9 Å². The molecule has 18 heavy (non-hydrogen) atoms. The zero-order chi connectivity index (χ0) is 13.1. The molecule has 2 heterocycles. The smallest absolute Gasteiger partial charge is 0.268 e. The Labute approximate surface area is 101 Å². The van der Waals surface area contributed by atoms with Crippen LogP contribution in [0.4, 0.5) is 0 Å². The van der Waals surface area contributed by atoms with Crippen LogP contribution in [0.1, 0.15) is 20.8 Å². The summed E-state index contributed by atoms with van der Waals surface area (Å²) in [4.78, 5) is 37.8. The summed E-state index contributed by atoms with van der Waals surface area (Å²) >= 11 is 0. The van der Waals surface area contributed by atoms with Crippen molar-refractivity contribution in [3.8, 4) is 11.6 Å². The molecule has 2 aromatic rings. The number of primary amides is 2. The van der Waals surface area contributed by atoms with Gasteiger partial charge in [0, 0.05) is 18.6 Å². The van der Waals surface area contributed by atoms with Crippen LogP contribution in [-0.4, -0.2) is 31.8 Å². The van der Waals surface area contributed by atoms with Crippen LogP contribution in [0.15, 0.2) is 24.7 Å². The Balaban J connectivity index is 2.57. The van der Waals surface area contributed by atoms with Crippen molar-refractivity contribution in [1.82, 2.24) is 19.9 Å². The van der Waals surface area contributed by atoms with Gasteiger partial charge in [-0.05, 0) is 6.07 Å². The molecule has 0 atom stereocenters. The summed E-state index contributed by atoms with van der Waals surface area (Å²) in [5.41, 5.74) is 9.82. The molecule has 4 N–H and O–H groups in total. The van der Waals surface area contributed by atoms with E-state index in [1.54, 1.807) is 6.07 Å². The van der Waals surface area contributed by atoms with Crippen molar-refractivity contribution in [1.29, 1.82) is 0 Å². The van der Waals surface area contributed by atoms with Crippen LogP contribution in [-0.2, 0) is 0 Å². The maximum absolute atomic E-state index is 11.2. The van der Waals surface area contributed by atoms with Crippen molar-refractivity contribution in [2.75, 3.05) is 0 Å². The third-order valence-electron chi connectivity index (χ3n) is 2.05. The lowest BCUT2D eigenvalue weighted by atomic mass is 10.2. The lowest BCUT2D eigenvalue weighted by molar-refractivity contribution is 0.0963. The second kappa shape index (κ2) is 4.53. The van der Waals surface area contributed by atoms with Crippen LogP contribution in [0.3, 0.4) is 0 Å². The Morgan fingerprint density at radius 2 is 1.61 bits per heavy atom. The molecule has 0 radical (unpaired) electrons. The largest absolute Gasteiger partial charge is 0.365 e. The molecule has 2 rings (SSSR count). The number of nitrogens with zero attached hydrogens (tertiary/aromatic N) is 4. The van der Waals surface area contributed by atoms with E-state index < -0.39 is 11.8 Å². The van der Waals surface area contributed by atoms with Crippen molar-refractivity contribution in [2.24, 2.45) is 11.5 Å². The van der Waals surface area contributed by atoms with Gasteiger partial charge in [-0.2, -0.15) is 0 Å². The van der Waals surface area contributed by atoms with Gasteiger partial charge in [0.15, 0.2) is 11.6 Å². The maximum atomic E-state index is 11.2. The molecule has 90 valence electrons. The first-order chi connectivity index (χ1) is 8.59. The Morgan fingerprint density at radius 3 is 2.17 bits per heavy atom. The third kappa shape index (κ3) is 2.12. The number of aromatic nitrogens is 4. The van der Waals surface area contributed by atoms with E-state index in [-0.39, 0.29) is 22.9 Å². The predicted octanol–water partition coefficient (Wildman–Crippen LogP) is -0.869. The predicted molar refractivity (Wildman–Crippen MR) is 60.1 cm³/mol. The van der Waals surface area contributed by atoms with Crippen molar-refractivity contribution in [3.63, 3.8) is 0 Å². The van der Waals surface area contributed by atoms with Crippen molar-refractivity contribution in [2.45, 2.75) is 0 Å². The number of carbonyl (C=O) groups is 2. The van der Waals surface area contributed by atoms with Crippen molar-refractivity contribution >= 4 is 11.8 Å². The summed E-state index contributed by atoms with van der Waals surface area (Å²) in [5, 5.41) is 0. The maximum Gasteiger partial charge on any atom is 0.268 e. The molecular formula is C10H8N6O2. The van der Waals surface area contributed by atoms with Gasteiger partial charge in [0.2, 0.25) is 0 Å². The van der Waals surface area contributed by atoms with Gasteiger partial charge < -0.3 is 11.5 Å². The Bertz CT molecular complexity index is 613. The highest BCUT2D eigenvalue weighted by Crippen LogP contribution is 2.11. The van der Waals surface area contributed by atoms with Gasteiger partial charge in [-0.3, -0.25) is 9.59 Å². The highest BCUT2D eigenvalue weighted by molar-refractivity contribution is 6.04. The Hall–Kier alpha value is -2.90. The zero-order valence-corrected chi connectivity index (χ0v) is 9.07. The SMILES string of the molecule is NC(=O)c1cnc(-c2ncccn2)nc1C(N)=O. The number of hydrogen-bond acceptors (Lipinski definition) is 6. The summed E-state index contributed by atoms with van der Waals surface area (Å²) in [6, 6.07) is 1.62. The number of rotatable bonds is 3. The summed E-state index contributed by atoms with van der Waals surface area (Å²) in [5.74, 6) is -1.39.